The van der Waals surface area contributed by atoms with Gasteiger partial charge in [0.2, 0.25) is 0 Å². The van der Waals surface area contributed by atoms with Crippen molar-refractivity contribution < 1.29 is 8.78 Å². The quantitative estimate of drug-likeness (QED) is 0.670. The molecule has 0 saturated carbocycles. The molecule has 0 fully saturated rings. The molecule has 2 rings (SSSR count). The van der Waals surface area contributed by atoms with E-state index in [9.17, 15) is 8.78 Å². The van der Waals surface area contributed by atoms with E-state index in [2.05, 4.69) is 10.4 Å². The summed E-state index contributed by atoms with van der Waals surface area (Å²) in [7, 11) is 0. The van der Waals surface area contributed by atoms with E-state index in [-0.39, 0.29) is 12.0 Å². The van der Waals surface area contributed by atoms with Crippen LogP contribution >= 0.6 is 11.6 Å². The Morgan fingerprint density at radius 2 is 1.89 bits per heavy atom. The van der Waals surface area contributed by atoms with E-state index in [1.54, 1.807) is 12.1 Å². The topological polar surface area (TPSA) is 50.9 Å². The van der Waals surface area contributed by atoms with Crippen LogP contribution in [0.15, 0.2) is 36.5 Å². The van der Waals surface area contributed by atoms with Gasteiger partial charge >= 0.3 is 0 Å². The molecule has 1 aromatic carbocycles. The van der Waals surface area contributed by atoms with Gasteiger partial charge in [-0.2, -0.15) is 0 Å². The second-order valence-electron chi connectivity index (χ2n) is 4.02. The van der Waals surface area contributed by atoms with Crippen molar-refractivity contribution in [3.05, 3.63) is 64.4 Å². The maximum Gasteiger partial charge on any atom is 0.129 e. The van der Waals surface area contributed by atoms with Crippen LogP contribution in [-0.4, -0.2) is 4.98 Å². The highest BCUT2D eigenvalue weighted by atomic mass is 35.5. The number of rotatable bonds is 4. The van der Waals surface area contributed by atoms with E-state index in [1.165, 1.54) is 24.4 Å². The van der Waals surface area contributed by atoms with Crippen molar-refractivity contribution in [2.24, 2.45) is 5.84 Å². The summed E-state index contributed by atoms with van der Waals surface area (Å²) in [6.45, 7) is 0. The van der Waals surface area contributed by atoms with E-state index in [1.807, 2.05) is 0 Å². The molecule has 1 atom stereocenters. The largest absolute Gasteiger partial charge is 0.271 e. The Morgan fingerprint density at radius 1 is 1.21 bits per heavy atom. The Balaban J connectivity index is 2.26. The molecule has 0 radical (unpaired) electrons. The standard InChI is InChI=1S/C13H12ClF2N3/c14-8-4-5-12(18-7-8)13(19-17)6-9-10(15)2-1-3-11(9)16/h1-5,7,13,19H,6,17H2. The monoisotopic (exact) mass is 283 g/mol. The highest BCUT2D eigenvalue weighted by Crippen LogP contribution is 2.21. The molecule has 100 valence electrons. The predicted octanol–water partition coefficient (Wildman–Crippen LogP) is 2.76. The predicted molar refractivity (Wildman–Crippen MR) is 69.4 cm³/mol. The lowest BCUT2D eigenvalue weighted by Gasteiger charge is -2.16. The van der Waals surface area contributed by atoms with E-state index in [0.717, 1.165) is 0 Å². The molecule has 0 bridgehead atoms. The number of benzene rings is 1. The second kappa shape index (κ2) is 6.06. The van der Waals surface area contributed by atoms with E-state index in [4.69, 9.17) is 17.4 Å². The molecule has 6 heteroatoms. The number of hydrogen-bond donors (Lipinski definition) is 2. The molecule has 1 heterocycles. The molecular weight excluding hydrogens is 272 g/mol. The molecule has 19 heavy (non-hydrogen) atoms. The van der Waals surface area contributed by atoms with Crippen LogP contribution in [0.25, 0.3) is 0 Å². The van der Waals surface area contributed by atoms with Crippen LogP contribution in [0.4, 0.5) is 8.78 Å². The third-order valence-corrected chi connectivity index (χ3v) is 3.00. The van der Waals surface area contributed by atoms with Crippen LogP contribution in [0.5, 0.6) is 0 Å². The van der Waals surface area contributed by atoms with Gasteiger partial charge in [0.15, 0.2) is 0 Å². The Bertz CT molecular complexity index is 540. The summed E-state index contributed by atoms with van der Waals surface area (Å²) >= 11 is 5.74. The molecule has 0 aliphatic heterocycles. The summed E-state index contributed by atoms with van der Waals surface area (Å²) in [4.78, 5) is 4.09. The number of nitrogens with one attached hydrogen (secondary N) is 1. The minimum atomic E-state index is -0.603. The van der Waals surface area contributed by atoms with Gasteiger partial charge in [-0.1, -0.05) is 17.7 Å². The first kappa shape index (κ1) is 13.9. The van der Waals surface area contributed by atoms with E-state index in [0.29, 0.717) is 10.7 Å². The number of nitrogens with zero attached hydrogens (tertiary/aromatic N) is 1. The Morgan fingerprint density at radius 3 is 2.42 bits per heavy atom. The first-order valence-electron chi connectivity index (χ1n) is 5.62. The Hall–Kier alpha value is -1.56. The fraction of sp³-hybridized carbons (Fsp3) is 0.154. The zero-order valence-corrected chi connectivity index (χ0v) is 10.7. The SMILES string of the molecule is NNC(Cc1c(F)cccc1F)c1ccc(Cl)cn1. The molecule has 3 nitrogen and oxygen atoms in total. The number of hydrazine groups is 1. The third-order valence-electron chi connectivity index (χ3n) is 2.78. The second-order valence-corrected chi connectivity index (χ2v) is 4.46. The average Bonchev–Trinajstić information content (AvgIpc) is 2.40. The Labute approximate surface area is 114 Å². The normalized spacial score (nSPS) is 12.4. The molecule has 2 aromatic rings. The van der Waals surface area contributed by atoms with Gasteiger partial charge in [-0.25, -0.2) is 8.78 Å². The van der Waals surface area contributed by atoms with Crippen molar-refractivity contribution in [1.82, 2.24) is 10.4 Å². The molecule has 0 amide bonds. The average molecular weight is 284 g/mol. The highest BCUT2D eigenvalue weighted by Gasteiger charge is 2.17. The summed E-state index contributed by atoms with van der Waals surface area (Å²) in [5.74, 6) is 4.22. The van der Waals surface area contributed by atoms with Gasteiger partial charge in [0, 0.05) is 18.2 Å². The lowest BCUT2D eigenvalue weighted by Crippen LogP contribution is -2.30. The lowest BCUT2D eigenvalue weighted by atomic mass is 10.0. The number of hydrogen-bond acceptors (Lipinski definition) is 3. The third kappa shape index (κ3) is 3.26. The van der Waals surface area contributed by atoms with Crippen LogP contribution in [0.1, 0.15) is 17.3 Å². The molecule has 1 aromatic heterocycles. The van der Waals surface area contributed by atoms with E-state index >= 15 is 0 Å². The Kier molecular flexibility index (Phi) is 4.42. The van der Waals surface area contributed by atoms with Gasteiger partial charge in [-0.15, -0.1) is 0 Å². The minimum Gasteiger partial charge on any atom is -0.271 e. The fourth-order valence-electron chi connectivity index (χ4n) is 1.77. The molecule has 0 aliphatic carbocycles. The van der Waals surface area contributed by atoms with Crippen LogP contribution in [-0.2, 0) is 6.42 Å². The maximum absolute atomic E-state index is 13.6. The summed E-state index contributed by atoms with van der Waals surface area (Å²) < 4.78 is 27.2. The summed E-state index contributed by atoms with van der Waals surface area (Å²) in [6, 6.07) is 6.54. The molecule has 0 saturated heterocycles. The molecular formula is C13H12ClF2N3. The summed E-state index contributed by atoms with van der Waals surface area (Å²) in [5.41, 5.74) is 3.04. The van der Waals surface area contributed by atoms with E-state index < -0.39 is 17.7 Å². The first-order chi connectivity index (χ1) is 9.11. The maximum atomic E-state index is 13.6. The number of aromatic nitrogens is 1. The van der Waals surface area contributed by atoms with Gasteiger partial charge in [0.1, 0.15) is 11.6 Å². The molecule has 0 aliphatic rings. The smallest absolute Gasteiger partial charge is 0.129 e. The van der Waals surface area contributed by atoms with Crippen molar-refractivity contribution in [3.63, 3.8) is 0 Å². The van der Waals surface area contributed by atoms with Crippen LogP contribution in [0.3, 0.4) is 0 Å². The van der Waals surface area contributed by atoms with Crippen LogP contribution < -0.4 is 11.3 Å². The number of halogens is 3. The van der Waals surface area contributed by atoms with Crippen LogP contribution in [0.2, 0.25) is 5.02 Å². The number of nitrogens with two attached hydrogens (primary N) is 1. The van der Waals surface area contributed by atoms with Gasteiger partial charge in [0.05, 0.1) is 16.8 Å². The summed E-state index contributed by atoms with van der Waals surface area (Å²) in [6.07, 6.45) is 1.52. The van der Waals surface area contributed by atoms with Gasteiger partial charge in [-0.05, 0) is 24.3 Å². The molecule has 1 unspecified atom stereocenters. The first-order valence-corrected chi connectivity index (χ1v) is 6.00. The van der Waals surface area contributed by atoms with Gasteiger partial charge in [0.25, 0.3) is 0 Å². The van der Waals surface area contributed by atoms with Crippen molar-refractivity contribution >= 4 is 11.6 Å². The van der Waals surface area contributed by atoms with Crippen molar-refractivity contribution in [2.45, 2.75) is 12.5 Å². The minimum absolute atomic E-state index is 0.0257. The highest BCUT2D eigenvalue weighted by molar-refractivity contribution is 6.30. The fourth-order valence-corrected chi connectivity index (χ4v) is 1.89. The van der Waals surface area contributed by atoms with Crippen LogP contribution in [0, 0.1) is 11.6 Å². The molecule has 0 spiro atoms. The summed E-state index contributed by atoms with van der Waals surface area (Å²) in [5, 5.41) is 0.483. The van der Waals surface area contributed by atoms with Gasteiger partial charge in [-0.3, -0.25) is 16.3 Å². The van der Waals surface area contributed by atoms with Crippen molar-refractivity contribution in [2.75, 3.05) is 0 Å². The lowest BCUT2D eigenvalue weighted by molar-refractivity contribution is 0.493. The molecule has 3 N–H and O–H groups in total. The zero-order chi connectivity index (χ0) is 13.8. The number of pyridine rings is 1. The van der Waals surface area contributed by atoms with Crippen molar-refractivity contribution in [3.8, 4) is 0 Å². The zero-order valence-electron chi connectivity index (χ0n) is 9.91. The van der Waals surface area contributed by atoms with Gasteiger partial charge < -0.3 is 0 Å². The van der Waals surface area contributed by atoms with Crippen molar-refractivity contribution in [1.29, 1.82) is 0 Å².